The third kappa shape index (κ3) is 7.70. The van der Waals surface area contributed by atoms with Gasteiger partial charge in [-0.25, -0.2) is 8.42 Å². The number of hydrogen-bond acceptors (Lipinski definition) is 4. The second-order valence-corrected chi connectivity index (χ2v) is 12.6. The van der Waals surface area contributed by atoms with Crippen LogP contribution in [0.2, 0.25) is 5.02 Å². The molecule has 1 aliphatic rings. The van der Waals surface area contributed by atoms with Crippen molar-refractivity contribution >= 4 is 55.1 Å². The zero-order valence-electron chi connectivity index (χ0n) is 20.8. The van der Waals surface area contributed by atoms with Gasteiger partial charge in [-0.05, 0) is 62.1 Å². The highest BCUT2D eigenvalue weighted by molar-refractivity contribution is 9.10. The monoisotopic (exact) mass is 597 g/mol. The number of benzene rings is 2. The maximum Gasteiger partial charge on any atom is 0.244 e. The predicted molar refractivity (Wildman–Crippen MR) is 148 cm³/mol. The second kappa shape index (κ2) is 12.4. The average molecular weight is 599 g/mol. The molecule has 0 spiro atoms. The molecule has 2 aromatic rings. The number of nitrogens with one attached hydrogen (secondary N) is 1. The molecular weight excluding hydrogens is 566 g/mol. The van der Waals surface area contributed by atoms with Gasteiger partial charge >= 0.3 is 0 Å². The van der Waals surface area contributed by atoms with Crippen LogP contribution in [0, 0.1) is 6.92 Å². The van der Waals surface area contributed by atoms with Gasteiger partial charge in [0.2, 0.25) is 21.8 Å². The summed E-state index contributed by atoms with van der Waals surface area (Å²) in [5, 5.41) is 3.49. The Balaban J connectivity index is 1.88. The smallest absolute Gasteiger partial charge is 0.244 e. The summed E-state index contributed by atoms with van der Waals surface area (Å²) in [5.74, 6) is -0.724. The van der Waals surface area contributed by atoms with Crippen LogP contribution in [0.15, 0.2) is 46.9 Å². The average Bonchev–Trinajstić information content (AvgIpc) is 2.82. The number of anilines is 1. The van der Waals surface area contributed by atoms with Crippen LogP contribution >= 0.6 is 27.5 Å². The van der Waals surface area contributed by atoms with Crippen molar-refractivity contribution in [3.63, 3.8) is 0 Å². The molecule has 1 N–H and O–H groups in total. The van der Waals surface area contributed by atoms with E-state index in [1.54, 1.807) is 19.1 Å². The van der Waals surface area contributed by atoms with Crippen molar-refractivity contribution in [2.45, 2.75) is 64.6 Å². The zero-order valence-corrected chi connectivity index (χ0v) is 24.0. The molecule has 10 heteroatoms. The van der Waals surface area contributed by atoms with Crippen LogP contribution in [-0.2, 0) is 26.2 Å². The van der Waals surface area contributed by atoms with E-state index in [1.807, 2.05) is 31.2 Å². The molecule has 3 rings (SSSR count). The number of halogens is 2. The van der Waals surface area contributed by atoms with Crippen LogP contribution in [0.25, 0.3) is 0 Å². The van der Waals surface area contributed by atoms with E-state index in [1.165, 1.54) is 17.4 Å². The van der Waals surface area contributed by atoms with Crippen LogP contribution in [-0.4, -0.2) is 50.0 Å². The molecule has 0 bridgehead atoms. The first-order valence-corrected chi connectivity index (χ1v) is 15.1. The highest BCUT2D eigenvalue weighted by atomic mass is 79.9. The molecule has 1 fully saturated rings. The fraction of sp³-hybridized carbons (Fsp3) is 0.462. The van der Waals surface area contributed by atoms with Crippen molar-refractivity contribution in [1.29, 1.82) is 0 Å². The van der Waals surface area contributed by atoms with Gasteiger partial charge in [0.1, 0.15) is 12.6 Å². The lowest BCUT2D eigenvalue weighted by molar-refractivity contribution is -0.139. The Morgan fingerprint density at radius 1 is 1.14 bits per heavy atom. The summed E-state index contributed by atoms with van der Waals surface area (Å²) < 4.78 is 27.2. The third-order valence-electron chi connectivity index (χ3n) is 6.48. The zero-order chi connectivity index (χ0) is 26.5. The van der Waals surface area contributed by atoms with Gasteiger partial charge in [0.15, 0.2) is 0 Å². The summed E-state index contributed by atoms with van der Waals surface area (Å²) >= 11 is 9.69. The summed E-state index contributed by atoms with van der Waals surface area (Å²) in [5.41, 5.74) is 1.91. The molecular formula is C26H33BrClN3O4S. The molecule has 1 atom stereocenters. The van der Waals surface area contributed by atoms with Crippen molar-refractivity contribution in [1.82, 2.24) is 10.2 Å². The molecule has 1 saturated carbocycles. The molecule has 36 heavy (non-hydrogen) atoms. The maximum absolute atomic E-state index is 13.6. The van der Waals surface area contributed by atoms with Gasteiger partial charge in [-0.3, -0.25) is 13.9 Å². The number of aryl methyl sites for hydroxylation is 1. The molecule has 196 valence electrons. The molecule has 0 radical (unpaired) electrons. The highest BCUT2D eigenvalue weighted by Crippen LogP contribution is 2.26. The Kier molecular flexibility index (Phi) is 9.83. The minimum atomic E-state index is -3.81. The van der Waals surface area contributed by atoms with Gasteiger partial charge in [-0.15, -0.1) is 0 Å². The summed E-state index contributed by atoms with van der Waals surface area (Å²) in [7, 11) is -3.81. The topological polar surface area (TPSA) is 86.8 Å². The first-order valence-electron chi connectivity index (χ1n) is 12.0. The van der Waals surface area contributed by atoms with Gasteiger partial charge in [-0.2, -0.15) is 0 Å². The standard InChI is InChI=1S/C26H33BrClN3O4S/c1-18-12-13-23(15-24(18)28)31(36(3,34)35)17-25(32)30(16-20-8-7-9-21(27)14-20)19(2)26(33)29-22-10-5-4-6-11-22/h7-9,12-15,19,22H,4-6,10-11,16-17H2,1-3H3,(H,29,33)/t19-/m1/s1. The van der Waals surface area contributed by atoms with E-state index in [9.17, 15) is 18.0 Å². The van der Waals surface area contributed by atoms with Crippen molar-refractivity contribution in [3.05, 3.63) is 63.1 Å². The summed E-state index contributed by atoms with van der Waals surface area (Å²) in [4.78, 5) is 28.3. The number of amides is 2. The van der Waals surface area contributed by atoms with Gasteiger partial charge in [0, 0.05) is 22.1 Å². The number of rotatable bonds is 9. The predicted octanol–water partition coefficient (Wildman–Crippen LogP) is 5.04. The maximum atomic E-state index is 13.6. The molecule has 2 aromatic carbocycles. The Bertz CT molecular complexity index is 1200. The van der Waals surface area contributed by atoms with Crippen molar-refractivity contribution < 1.29 is 18.0 Å². The van der Waals surface area contributed by atoms with Crippen LogP contribution in [0.1, 0.15) is 50.2 Å². The van der Waals surface area contributed by atoms with Gasteiger partial charge < -0.3 is 10.2 Å². The Labute approximate surface area is 227 Å². The molecule has 0 aliphatic heterocycles. The fourth-order valence-corrected chi connectivity index (χ4v) is 5.80. The van der Waals surface area contributed by atoms with E-state index < -0.39 is 28.5 Å². The van der Waals surface area contributed by atoms with E-state index in [0.29, 0.717) is 10.7 Å². The lowest BCUT2D eigenvalue weighted by Crippen LogP contribution is -2.52. The third-order valence-corrected chi connectivity index (χ3v) is 8.52. The van der Waals surface area contributed by atoms with E-state index >= 15 is 0 Å². The first kappa shape index (κ1) is 28.5. The fourth-order valence-electron chi connectivity index (χ4n) is 4.33. The number of hydrogen-bond donors (Lipinski definition) is 1. The van der Waals surface area contributed by atoms with Crippen molar-refractivity contribution in [2.24, 2.45) is 0 Å². The van der Waals surface area contributed by atoms with Crippen LogP contribution < -0.4 is 9.62 Å². The summed E-state index contributed by atoms with van der Waals surface area (Å²) in [6, 6.07) is 11.6. The Morgan fingerprint density at radius 2 is 1.83 bits per heavy atom. The van der Waals surface area contributed by atoms with E-state index in [2.05, 4.69) is 21.2 Å². The summed E-state index contributed by atoms with van der Waals surface area (Å²) in [6.45, 7) is 3.20. The van der Waals surface area contributed by atoms with E-state index in [4.69, 9.17) is 11.6 Å². The highest BCUT2D eigenvalue weighted by Gasteiger charge is 2.31. The van der Waals surface area contributed by atoms with Crippen LogP contribution in [0.3, 0.4) is 0 Å². The molecule has 2 amide bonds. The second-order valence-electron chi connectivity index (χ2n) is 9.37. The minimum Gasteiger partial charge on any atom is -0.352 e. The number of nitrogens with zero attached hydrogens (tertiary/aromatic N) is 2. The molecule has 1 aliphatic carbocycles. The lowest BCUT2D eigenvalue weighted by atomic mass is 9.95. The number of carbonyl (C=O) groups excluding carboxylic acids is 2. The van der Waals surface area contributed by atoms with Crippen LogP contribution in [0.4, 0.5) is 5.69 Å². The molecule has 0 saturated heterocycles. The normalized spacial score (nSPS) is 15.2. The van der Waals surface area contributed by atoms with Crippen molar-refractivity contribution in [2.75, 3.05) is 17.1 Å². The SMILES string of the molecule is Cc1ccc(N(CC(=O)N(Cc2cccc(Br)c2)[C@H](C)C(=O)NC2CCCCC2)S(C)(=O)=O)cc1Cl. The van der Waals surface area contributed by atoms with Gasteiger partial charge in [0.05, 0.1) is 11.9 Å². The van der Waals surface area contributed by atoms with E-state index in [0.717, 1.165) is 51.8 Å². The number of carbonyl (C=O) groups is 2. The first-order chi connectivity index (χ1) is 17.0. The van der Waals surface area contributed by atoms with Crippen LogP contribution in [0.5, 0.6) is 0 Å². The Morgan fingerprint density at radius 3 is 2.44 bits per heavy atom. The van der Waals surface area contributed by atoms with Gasteiger partial charge in [-0.1, -0.05) is 65.0 Å². The lowest BCUT2D eigenvalue weighted by Gasteiger charge is -2.33. The molecule has 0 aromatic heterocycles. The molecule has 0 heterocycles. The van der Waals surface area contributed by atoms with E-state index in [-0.39, 0.29) is 18.5 Å². The minimum absolute atomic E-state index is 0.0961. The quantitative estimate of drug-likeness (QED) is 0.438. The largest absolute Gasteiger partial charge is 0.352 e. The van der Waals surface area contributed by atoms with Crippen molar-refractivity contribution in [3.8, 4) is 0 Å². The molecule has 7 nitrogen and oxygen atoms in total. The van der Waals surface area contributed by atoms with Gasteiger partial charge in [0.25, 0.3) is 0 Å². The number of sulfonamides is 1. The molecule has 0 unspecified atom stereocenters. The Hall–Kier alpha value is -2.10. The summed E-state index contributed by atoms with van der Waals surface area (Å²) in [6.07, 6.45) is 6.21.